The first-order valence-electron chi connectivity index (χ1n) is 5.05. The second-order valence-electron chi connectivity index (χ2n) is 3.05. The van der Waals surface area contributed by atoms with Gasteiger partial charge in [0, 0.05) is 13.1 Å². The van der Waals surface area contributed by atoms with Crippen molar-refractivity contribution in [3.63, 3.8) is 0 Å². The summed E-state index contributed by atoms with van der Waals surface area (Å²) < 4.78 is 0. The highest BCUT2D eigenvalue weighted by Crippen LogP contribution is 1.96. The molecule has 1 aliphatic heterocycles. The summed E-state index contributed by atoms with van der Waals surface area (Å²) in [5.41, 5.74) is 0. The van der Waals surface area contributed by atoms with Gasteiger partial charge in [-0.25, -0.2) is 0 Å². The number of hydrogen-bond acceptors (Lipinski definition) is 2. The van der Waals surface area contributed by atoms with Gasteiger partial charge in [0.15, 0.2) is 0 Å². The third-order valence-corrected chi connectivity index (χ3v) is 1.78. The molecule has 0 atom stereocenters. The lowest BCUT2D eigenvalue weighted by atomic mass is 10.2. The minimum atomic E-state index is 0. The SMILES string of the molecule is Br.C1CCNCC1.C=CCNCC=C. The molecule has 2 nitrogen and oxygen atoms in total. The average molecular weight is 263 g/mol. The van der Waals surface area contributed by atoms with E-state index in [4.69, 9.17) is 0 Å². The van der Waals surface area contributed by atoms with Gasteiger partial charge in [0.25, 0.3) is 0 Å². The minimum Gasteiger partial charge on any atom is -0.317 e. The van der Waals surface area contributed by atoms with E-state index in [0.29, 0.717) is 0 Å². The Kier molecular flexibility index (Phi) is 17.9. The molecule has 0 aromatic rings. The van der Waals surface area contributed by atoms with Crippen LogP contribution in [-0.4, -0.2) is 26.2 Å². The maximum atomic E-state index is 3.54. The molecule has 0 bridgehead atoms. The second kappa shape index (κ2) is 15.4. The summed E-state index contributed by atoms with van der Waals surface area (Å²) in [6.45, 7) is 11.3. The highest BCUT2D eigenvalue weighted by molar-refractivity contribution is 8.93. The summed E-state index contributed by atoms with van der Waals surface area (Å²) in [6.07, 6.45) is 7.86. The van der Waals surface area contributed by atoms with Crippen molar-refractivity contribution in [3.8, 4) is 0 Å². The fourth-order valence-corrected chi connectivity index (χ4v) is 1.09. The van der Waals surface area contributed by atoms with Crippen LogP contribution >= 0.6 is 17.0 Å². The Labute approximate surface area is 98.6 Å². The maximum Gasteiger partial charge on any atom is 0.0135 e. The number of hydrogen-bond donors (Lipinski definition) is 2. The standard InChI is InChI=1S/C6H11N.C5H11N.BrH/c1-3-5-7-6-4-2;1-2-4-6-5-3-1;/h3-4,7H,1-2,5-6H2;6H,1-5H2;1H. The van der Waals surface area contributed by atoms with Crippen molar-refractivity contribution in [2.75, 3.05) is 26.2 Å². The molecule has 1 heterocycles. The Balaban J connectivity index is 0. The van der Waals surface area contributed by atoms with Crippen LogP contribution in [0.2, 0.25) is 0 Å². The van der Waals surface area contributed by atoms with E-state index in [1.165, 1.54) is 32.4 Å². The van der Waals surface area contributed by atoms with Crippen LogP contribution in [0.25, 0.3) is 0 Å². The first kappa shape index (κ1) is 16.3. The quantitative estimate of drug-likeness (QED) is 0.600. The Morgan fingerprint density at radius 3 is 1.71 bits per heavy atom. The van der Waals surface area contributed by atoms with Gasteiger partial charge in [-0.1, -0.05) is 18.6 Å². The van der Waals surface area contributed by atoms with Crippen molar-refractivity contribution in [1.82, 2.24) is 10.6 Å². The molecule has 0 spiro atoms. The molecule has 1 aliphatic rings. The van der Waals surface area contributed by atoms with Gasteiger partial charge in [0.1, 0.15) is 0 Å². The molecule has 3 heteroatoms. The molecule has 2 N–H and O–H groups in total. The molecule has 14 heavy (non-hydrogen) atoms. The zero-order chi connectivity index (χ0) is 9.78. The molecule has 0 amide bonds. The molecule has 0 radical (unpaired) electrons. The van der Waals surface area contributed by atoms with E-state index in [-0.39, 0.29) is 17.0 Å². The molecule has 1 fully saturated rings. The van der Waals surface area contributed by atoms with Crippen molar-refractivity contribution in [2.24, 2.45) is 0 Å². The normalized spacial score (nSPS) is 14.3. The van der Waals surface area contributed by atoms with Crippen molar-refractivity contribution in [2.45, 2.75) is 19.3 Å². The third-order valence-electron chi connectivity index (χ3n) is 1.78. The lowest BCUT2D eigenvalue weighted by molar-refractivity contribution is 0.520. The molecule has 0 saturated carbocycles. The number of halogens is 1. The van der Waals surface area contributed by atoms with Crippen LogP contribution in [0.3, 0.4) is 0 Å². The summed E-state index contributed by atoms with van der Waals surface area (Å²) >= 11 is 0. The Hall–Kier alpha value is -0.120. The Morgan fingerprint density at radius 2 is 1.50 bits per heavy atom. The zero-order valence-corrected chi connectivity index (χ0v) is 10.6. The van der Waals surface area contributed by atoms with Gasteiger partial charge in [0.05, 0.1) is 0 Å². The van der Waals surface area contributed by atoms with Gasteiger partial charge in [-0.2, -0.15) is 0 Å². The molecule has 84 valence electrons. The van der Waals surface area contributed by atoms with Crippen molar-refractivity contribution in [1.29, 1.82) is 0 Å². The van der Waals surface area contributed by atoms with Crippen LogP contribution in [0.15, 0.2) is 25.3 Å². The lowest BCUT2D eigenvalue weighted by Gasteiger charge is -2.08. The monoisotopic (exact) mass is 262 g/mol. The summed E-state index contributed by atoms with van der Waals surface area (Å²) in [5, 5.41) is 6.33. The first-order chi connectivity index (χ1) is 6.41. The highest BCUT2D eigenvalue weighted by atomic mass is 79.9. The number of piperidine rings is 1. The van der Waals surface area contributed by atoms with Crippen LogP contribution < -0.4 is 10.6 Å². The van der Waals surface area contributed by atoms with Gasteiger partial charge in [-0.05, 0) is 25.9 Å². The van der Waals surface area contributed by atoms with Gasteiger partial charge in [-0.3, -0.25) is 0 Å². The van der Waals surface area contributed by atoms with Gasteiger partial charge < -0.3 is 10.6 Å². The molecule has 0 unspecified atom stereocenters. The average Bonchev–Trinajstić information content (AvgIpc) is 2.22. The predicted molar refractivity (Wildman–Crippen MR) is 70.3 cm³/mol. The predicted octanol–water partition coefficient (Wildman–Crippen LogP) is 2.29. The molecular weight excluding hydrogens is 240 g/mol. The van der Waals surface area contributed by atoms with E-state index < -0.39 is 0 Å². The molecular formula is C11H23BrN2. The van der Waals surface area contributed by atoms with E-state index in [2.05, 4.69) is 23.8 Å². The zero-order valence-electron chi connectivity index (χ0n) is 8.93. The summed E-state index contributed by atoms with van der Waals surface area (Å²) in [5.74, 6) is 0. The maximum absolute atomic E-state index is 3.54. The van der Waals surface area contributed by atoms with E-state index in [9.17, 15) is 0 Å². The second-order valence-corrected chi connectivity index (χ2v) is 3.05. The Bertz CT molecular complexity index is 103. The van der Waals surface area contributed by atoms with E-state index in [1.54, 1.807) is 0 Å². The van der Waals surface area contributed by atoms with Crippen LogP contribution in [-0.2, 0) is 0 Å². The molecule has 1 rings (SSSR count). The van der Waals surface area contributed by atoms with Crippen molar-refractivity contribution >= 4 is 17.0 Å². The molecule has 0 aliphatic carbocycles. The van der Waals surface area contributed by atoms with E-state index >= 15 is 0 Å². The van der Waals surface area contributed by atoms with E-state index in [1.807, 2.05) is 12.2 Å². The fourth-order valence-electron chi connectivity index (χ4n) is 1.09. The Morgan fingerprint density at radius 1 is 1.00 bits per heavy atom. The highest BCUT2D eigenvalue weighted by Gasteiger charge is 1.93. The van der Waals surface area contributed by atoms with Gasteiger partial charge in [0.2, 0.25) is 0 Å². The topological polar surface area (TPSA) is 24.1 Å². The minimum absolute atomic E-state index is 0. The number of nitrogens with one attached hydrogen (secondary N) is 2. The van der Waals surface area contributed by atoms with Gasteiger partial charge in [-0.15, -0.1) is 30.1 Å². The lowest BCUT2D eigenvalue weighted by Crippen LogP contribution is -2.21. The summed E-state index contributed by atoms with van der Waals surface area (Å²) in [4.78, 5) is 0. The summed E-state index contributed by atoms with van der Waals surface area (Å²) in [6, 6.07) is 0. The van der Waals surface area contributed by atoms with Crippen molar-refractivity contribution < 1.29 is 0 Å². The van der Waals surface area contributed by atoms with Crippen molar-refractivity contribution in [3.05, 3.63) is 25.3 Å². The van der Waals surface area contributed by atoms with Crippen LogP contribution in [0.5, 0.6) is 0 Å². The van der Waals surface area contributed by atoms with Crippen LogP contribution in [0.1, 0.15) is 19.3 Å². The molecule has 0 aromatic heterocycles. The summed E-state index contributed by atoms with van der Waals surface area (Å²) in [7, 11) is 0. The largest absolute Gasteiger partial charge is 0.317 e. The molecule has 0 aromatic carbocycles. The first-order valence-corrected chi connectivity index (χ1v) is 5.05. The van der Waals surface area contributed by atoms with Crippen LogP contribution in [0.4, 0.5) is 0 Å². The fraction of sp³-hybridized carbons (Fsp3) is 0.636. The number of rotatable bonds is 4. The van der Waals surface area contributed by atoms with Crippen LogP contribution in [0, 0.1) is 0 Å². The smallest absolute Gasteiger partial charge is 0.0135 e. The third kappa shape index (κ3) is 14.4. The van der Waals surface area contributed by atoms with Gasteiger partial charge >= 0.3 is 0 Å². The molecule has 1 saturated heterocycles. The van der Waals surface area contributed by atoms with E-state index in [0.717, 1.165) is 13.1 Å².